The van der Waals surface area contributed by atoms with Gasteiger partial charge in [-0.3, -0.25) is 4.74 Å². The summed E-state index contributed by atoms with van der Waals surface area (Å²) in [6.07, 6.45) is 0. The summed E-state index contributed by atoms with van der Waals surface area (Å²) in [7, 11) is 0. The highest BCUT2D eigenvalue weighted by Gasteiger charge is 2.11. The van der Waals surface area contributed by atoms with Crippen molar-refractivity contribution in [3.8, 4) is 0 Å². The van der Waals surface area contributed by atoms with Crippen LogP contribution in [-0.4, -0.2) is 18.4 Å². The van der Waals surface area contributed by atoms with Crippen molar-refractivity contribution in [2.24, 2.45) is 0 Å². The van der Waals surface area contributed by atoms with Crippen LogP contribution in [0.25, 0.3) is 0 Å². The van der Waals surface area contributed by atoms with Crippen LogP contribution in [0.5, 0.6) is 0 Å². The Morgan fingerprint density at radius 1 is 1.67 bits per heavy atom. The fourth-order valence-corrected chi connectivity index (χ4v) is 0.200. The van der Waals surface area contributed by atoms with Gasteiger partial charge < -0.3 is 5.11 Å². The van der Waals surface area contributed by atoms with Crippen LogP contribution in [0, 0.1) is 0 Å². The lowest BCUT2D eigenvalue weighted by Gasteiger charge is -1.89. The van der Waals surface area contributed by atoms with Crippen LogP contribution in [0.4, 0.5) is 0 Å². The van der Waals surface area contributed by atoms with Crippen molar-refractivity contribution < 1.29 is 19.6 Å². The summed E-state index contributed by atoms with van der Waals surface area (Å²) >= 11 is 0. The third kappa shape index (κ3) is 0.662. The summed E-state index contributed by atoms with van der Waals surface area (Å²) in [5.74, 6) is 0. The molecule has 1 rings (SSSR count). The maximum absolute atomic E-state index is 8.16. The number of ether oxygens (including phenoxy) is 1. The summed E-state index contributed by atoms with van der Waals surface area (Å²) in [6, 6.07) is 0. The minimum Gasteiger partial charge on any atom is -0.344 e. The maximum atomic E-state index is 8.16. The van der Waals surface area contributed by atoms with Gasteiger partial charge in [0.25, 0.3) is 0 Å². The van der Waals surface area contributed by atoms with Gasteiger partial charge >= 0.3 is 6.48 Å². The van der Waals surface area contributed by atoms with Crippen molar-refractivity contribution in [2.45, 2.75) is 6.48 Å². The van der Waals surface area contributed by atoms with Gasteiger partial charge in [-0.1, -0.05) is 0 Å². The zero-order valence-electron chi connectivity index (χ0n) is 2.96. The van der Waals surface area contributed by atoms with Crippen molar-refractivity contribution in [3.05, 3.63) is 0 Å². The molecule has 1 heterocycles. The molecule has 6 heavy (non-hydrogen) atoms. The molecule has 1 atom stereocenters. The van der Waals surface area contributed by atoms with Gasteiger partial charge in [-0.15, -0.1) is 0 Å². The molecule has 1 saturated heterocycles. The predicted molar refractivity (Wildman–Crippen MR) is 14.1 cm³/mol. The topological polar surface area (TPSA) is 47.9 Å². The Hall–Kier alpha value is -0.160. The second kappa shape index (κ2) is 1.53. The summed E-state index contributed by atoms with van der Waals surface area (Å²) in [4.78, 5) is 8.07. The molecule has 1 aliphatic rings. The highest BCUT2D eigenvalue weighted by Crippen LogP contribution is 1.98. The highest BCUT2D eigenvalue weighted by molar-refractivity contribution is 4.09. The van der Waals surface area contributed by atoms with E-state index in [1.165, 1.54) is 0 Å². The van der Waals surface area contributed by atoms with Gasteiger partial charge in [-0.2, -0.15) is 4.89 Å². The molecule has 4 nitrogen and oxygen atoms in total. The van der Waals surface area contributed by atoms with Gasteiger partial charge in [0.2, 0.25) is 0 Å². The molecule has 4 heteroatoms. The number of aliphatic hydroxyl groups excluding tert-OH is 1. The van der Waals surface area contributed by atoms with Gasteiger partial charge in [0.05, 0.1) is 0 Å². The number of hydrogen-bond acceptors (Lipinski definition) is 4. The second-order valence-electron chi connectivity index (χ2n) is 0.806. The van der Waals surface area contributed by atoms with E-state index in [4.69, 9.17) is 5.11 Å². The van der Waals surface area contributed by atoms with E-state index in [0.717, 1.165) is 0 Å². The molecule has 0 saturated carbocycles. The van der Waals surface area contributed by atoms with Crippen LogP contribution < -0.4 is 0 Å². The van der Waals surface area contributed by atoms with Gasteiger partial charge in [0, 0.05) is 0 Å². The summed E-state index contributed by atoms with van der Waals surface area (Å²) in [5.41, 5.74) is 0. The van der Waals surface area contributed by atoms with Crippen LogP contribution in [0.2, 0.25) is 0 Å². The molecule has 0 bridgehead atoms. The molecular weight excluding hydrogens is 88.0 g/mol. The normalized spacial score (nSPS) is 34.5. The SMILES string of the molecule is OC1OCOO1. The molecular formula is C2H4O4. The summed E-state index contributed by atoms with van der Waals surface area (Å²) in [6.45, 7) is -1.16. The first-order valence-corrected chi connectivity index (χ1v) is 1.47. The minimum absolute atomic E-state index is 0.0150. The third-order valence-corrected chi connectivity index (χ3v) is 0.409. The molecule has 0 aromatic heterocycles. The molecule has 0 amide bonds. The zero-order valence-corrected chi connectivity index (χ0v) is 2.96. The molecule has 1 unspecified atom stereocenters. The Bertz CT molecular complexity index is 38.8. The average molecular weight is 92.0 g/mol. The summed E-state index contributed by atoms with van der Waals surface area (Å²) in [5, 5.41) is 8.16. The Morgan fingerprint density at radius 3 is 2.67 bits per heavy atom. The van der Waals surface area contributed by atoms with Crippen LogP contribution in [0.1, 0.15) is 0 Å². The largest absolute Gasteiger partial charge is 0.344 e. The molecule has 1 fully saturated rings. The first-order valence-electron chi connectivity index (χ1n) is 1.47. The lowest BCUT2D eigenvalue weighted by Crippen LogP contribution is -2.02. The van der Waals surface area contributed by atoms with Crippen molar-refractivity contribution in [1.29, 1.82) is 0 Å². The Kier molecular flexibility index (Phi) is 1.02. The first-order chi connectivity index (χ1) is 2.89. The van der Waals surface area contributed by atoms with Crippen molar-refractivity contribution >= 4 is 0 Å². The lowest BCUT2D eigenvalue weighted by molar-refractivity contribution is -0.331. The van der Waals surface area contributed by atoms with Gasteiger partial charge in [0.15, 0.2) is 6.79 Å². The van der Waals surface area contributed by atoms with Crippen LogP contribution in [0.15, 0.2) is 0 Å². The molecule has 1 aliphatic heterocycles. The summed E-state index contributed by atoms with van der Waals surface area (Å²) < 4.78 is 4.26. The Morgan fingerprint density at radius 2 is 2.50 bits per heavy atom. The fraction of sp³-hybridized carbons (Fsp3) is 1.00. The molecule has 0 spiro atoms. The van der Waals surface area contributed by atoms with E-state index in [1.54, 1.807) is 0 Å². The number of aliphatic hydroxyl groups is 1. The quantitative estimate of drug-likeness (QED) is 0.397. The van der Waals surface area contributed by atoms with E-state index in [9.17, 15) is 0 Å². The van der Waals surface area contributed by atoms with Crippen LogP contribution >= 0.6 is 0 Å². The fourth-order valence-electron chi connectivity index (χ4n) is 0.200. The van der Waals surface area contributed by atoms with E-state index in [-0.39, 0.29) is 6.79 Å². The lowest BCUT2D eigenvalue weighted by atomic mass is 11.3. The molecule has 0 aromatic rings. The van der Waals surface area contributed by atoms with E-state index in [1.807, 2.05) is 0 Å². The minimum atomic E-state index is -1.18. The van der Waals surface area contributed by atoms with Crippen molar-refractivity contribution in [2.75, 3.05) is 6.79 Å². The number of rotatable bonds is 0. The van der Waals surface area contributed by atoms with Crippen molar-refractivity contribution in [3.63, 3.8) is 0 Å². The van der Waals surface area contributed by atoms with Crippen LogP contribution in [0.3, 0.4) is 0 Å². The highest BCUT2D eigenvalue weighted by atomic mass is 17.3. The first kappa shape index (κ1) is 4.01. The molecule has 0 aromatic carbocycles. The average Bonchev–Trinajstić information content (AvgIpc) is 1.86. The van der Waals surface area contributed by atoms with E-state index in [2.05, 4.69) is 14.5 Å². The second-order valence-corrected chi connectivity index (χ2v) is 0.806. The van der Waals surface area contributed by atoms with Crippen LogP contribution in [-0.2, 0) is 14.5 Å². The van der Waals surface area contributed by atoms with Gasteiger partial charge in [-0.05, 0) is 0 Å². The maximum Gasteiger partial charge on any atom is 0.300 e. The molecule has 0 radical (unpaired) electrons. The molecule has 1 N–H and O–H groups in total. The van der Waals surface area contributed by atoms with Gasteiger partial charge in [0.1, 0.15) is 0 Å². The smallest absolute Gasteiger partial charge is 0.300 e. The van der Waals surface area contributed by atoms with E-state index >= 15 is 0 Å². The van der Waals surface area contributed by atoms with E-state index < -0.39 is 6.48 Å². The molecule has 36 valence electrons. The Balaban J connectivity index is 2.18. The van der Waals surface area contributed by atoms with E-state index in [0.29, 0.717) is 0 Å². The number of hydrogen-bond donors (Lipinski definition) is 1. The predicted octanol–water partition coefficient (Wildman–Crippen LogP) is -0.802. The third-order valence-electron chi connectivity index (χ3n) is 0.409. The zero-order chi connectivity index (χ0) is 4.41. The monoisotopic (exact) mass is 92.0 g/mol. The van der Waals surface area contributed by atoms with Crippen molar-refractivity contribution in [1.82, 2.24) is 0 Å². The van der Waals surface area contributed by atoms with Gasteiger partial charge in [-0.25, -0.2) is 4.89 Å². The standard InChI is InChI=1S/C2H4O4/c3-2-4-1-5-6-2/h2-3H,1H2. The molecule has 0 aliphatic carbocycles. The Labute approximate surface area is 34.2 Å².